The molecular weight excluding hydrogens is 188 g/mol. The van der Waals surface area contributed by atoms with Crippen LogP contribution in [0.3, 0.4) is 0 Å². The van der Waals surface area contributed by atoms with Crippen molar-refractivity contribution >= 4 is 23.7 Å². The van der Waals surface area contributed by atoms with Gasteiger partial charge in [0.25, 0.3) is 0 Å². The van der Waals surface area contributed by atoms with Crippen molar-refractivity contribution in [2.24, 2.45) is 11.7 Å². The Kier molecular flexibility index (Phi) is 3.74. The smallest absolute Gasteiger partial charge is 0.236 e. The SMILES string of the molecule is NCC(=O)N1CCC(C(=O)S)CC1. The molecule has 2 N–H and O–H groups in total. The summed E-state index contributed by atoms with van der Waals surface area (Å²) in [6.07, 6.45) is 1.43. The maximum Gasteiger partial charge on any atom is 0.236 e. The number of hydrogen-bond donors (Lipinski definition) is 2. The summed E-state index contributed by atoms with van der Waals surface area (Å²) in [6, 6.07) is 0. The molecule has 4 nitrogen and oxygen atoms in total. The van der Waals surface area contributed by atoms with E-state index >= 15 is 0 Å². The van der Waals surface area contributed by atoms with Crippen molar-refractivity contribution in [2.75, 3.05) is 19.6 Å². The van der Waals surface area contributed by atoms with E-state index in [0.717, 1.165) is 0 Å². The van der Waals surface area contributed by atoms with Crippen molar-refractivity contribution in [3.8, 4) is 0 Å². The molecule has 0 radical (unpaired) electrons. The van der Waals surface area contributed by atoms with Crippen LogP contribution in [0.25, 0.3) is 0 Å². The van der Waals surface area contributed by atoms with E-state index in [1.54, 1.807) is 4.90 Å². The molecule has 1 saturated heterocycles. The maximum absolute atomic E-state index is 11.1. The van der Waals surface area contributed by atoms with Crippen LogP contribution in [0.5, 0.6) is 0 Å². The molecule has 1 aliphatic heterocycles. The summed E-state index contributed by atoms with van der Waals surface area (Å²) in [7, 11) is 0. The van der Waals surface area contributed by atoms with Crippen molar-refractivity contribution in [2.45, 2.75) is 12.8 Å². The van der Waals surface area contributed by atoms with Crippen molar-refractivity contribution in [3.63, 3.8) is 0 Å². The Morgan fingerprint density at radius 3 is 2.31 bits per heavy atom. The van der Waals surface area contributed by atoms with Crippen LogP contribution in [-0.4, -0.2) is 35.6 Å². The normalized spacial score (nSPS) is 18.8. The zero-order valence-electron chi connectivity index (χ0n) is 7.40. The van der Waals surface area contributed by atoms with Gasteiger partial charge in [0.2, 0.25) is 5.91 Å². The summed E-state index contributed by atoms with van der Waals surface area (Å²) in [5.74, 6) is -0.0183. The lowest BCUT2D eigenvalue weighted by atomic mass is 9.98. The topological polar surface area (TPSA) is 63.4 Å². The molecule has 0 atom stereocenters. The second-order valence-corrected chi connectivity index (χ2v) is 3.64. The lowest BCUT2D eigenvalue weighted by Crippen LogP contribution is -2.42. The van der Waals surface area contributed by atoms with Crippen LogP contribution in [0.15, 0.2) is 0 Å². The zero-order valence-corrected chi connectivity index (χ0v) is 8.30. The number of rotatable bonds is 2. The first-order chi connectivity index (χ1) is 6.15. The minimum Gasteiger partial charge on any atom is -0.342 e. The molecule has 0 aromatic carbocycles. The van der Waals surface area contributed by atoms with Crippen molar-refractivity contribution in [1.29, 1.82) is 0 Å². The van der Waals surface area contributed by atoms with Crippen LogP contribution >= 0.6 is 12.6 Å². The quantitative estimate of drug-likeness (QED) is 0.601. The maximum atomic E-state index is 11.1. The Morgan fingerprint density at radius 1 is 1.38 bits per heavy atom. The number of carbonyl (C=O) groups is 2. The zero-order chi connectivity index (χ0) is 9.84. The highest BCUT2D eigenvalue weighted by Gasteiger charge is 2.24. The molecule has 1 amide bonds. The fourth-order valence-corrected chi connectivity index (χ4v) is 1.76. The molecule has 0 unspecified atom stereocenters. The first-order valence-corrected chi connectivity index (χ1v) is 4.80. The van der Waals surface area contributed by atoms with Gasteiger partial charge in [-0.3, -0.25) is 9.59 Å². The molecule has 13 heavy (non-hydrogen) atoms. The average molecular weight is 202 g/mol. The van der Waals surface area contributed by atoms with Crippen LogP contribution in [0.2, 0.25) is 0 Å². The number of amides is 1. The van der Waals surface area contributed by atoms with Gasteiger partial charge < -0.3 is 10.6 Å². The second-order valence-electron chi connectivity index (χ2n) is 3.20. The van der Waals surface area contributed by atoms with Crippen molar-refractivity contribution in [3.05, 3.63) is 0 Å². The minimum absolute atomic E-state index is 0.0187. The van der Waals surface area contributed by atoms with E-state index in [1.165, 1.54) is 0 Å². The van der Waals surface area contributed by atoms with Gasteiger partial charge >= 0.3 is 0 Å². The monoisotopic (exact) mass is 202 g/mol. The average Bonchev–Trinajstić information content (AvgIpc) is 2.17. The summed E-state index contributed by atoms with van der Waals surface area (Å²) in [4.78, 5) is 23.7. The molecule has 1 aliphatic rings. The Bertz CT molecular complexity index is 212. The lowest BCUT2D eigenvalue weighted by Gasteiger charge is -2.30. The number of nitrogens with zero attached hydrogens (tertiary/aromatic N) is 1. The molecule has 0 bridgehead atoms. The highest BCUT2D eigenvalue weighted by Crippen LogP contribution is 2.18. The summed E-state index contributed by atoms with van der Waals surface area (Å²) in [5, 5.41) is -0.0696. The fourth-order valence-electron chi connectivity index (χ4n) is 1.50. The molecule has 0 spiro atoms. The Morgan fingerprint density at radius 2 is 1.92 bits per heavy atom. The summed E-state index contributed by atoms with van der Waals surface area (Å²) in [5.41, 5.74) is 5.22. The largest absolute Gasteiger partial charge is 0.342 e. The highest BCUT2D eigenvalue weighted by molar-refractivity contribution is 7.96. The number of likely N-dealkylation sites (tertiary alicyclic amines) is 1. The molecule has 1 fully saturated rings. The van der Waals surface area contributed by atoms with Gasteiger partial charge in [0.1, 0.15) is 0 Å². The second kappa shape index (κ2) is 4.62. The van der Waals surface area contributed by atoms with Gasteiger partial charge in [0.05, 0.1) is 6.54 Å². The van der Waals surface area contributed by atoms with E-state index in [9.17, 15) is 9.59 Å². The summed E-state index contributed by atoms with van der Waals surface area (Å²) < 4.78 is 0. The summed E-state index contributed by atoms with van der Waals surface area (Å²) in [6.45, 7) is 1.32. The Balaban J connectivity index is 2.39. The predicted octanol–water partition coefficient (Wildman–Crippen LogP) is -0.360. The van der Waals surface area contributed by atoms with Crippen LogP contribution in [-0.2, 0) is 9.59 Å². The fraction of sp³-hybridized carbons (Fsp3) is 0.750. The molecule has 1 rings (SSSR count). The van der Waals surface area contributed by atoms with Gasteiger partial charge in [-0.05, 0) is 12.8 Å². The standard InChI is InChI=1S/C8H14N2O2S/c9-5-7(11)10-3-1-6(2-4-10)8(12)13/h6H,1-5,9H2,(H,12,13). The first kappa shape index (κ1) is 10.5. The Labute approximate surface area is 82.9 Å². The van der Waals surface area contributed by atoms with E-state index in [4.69, 9.17) is 5.73 Å². The van der Waals surface area contributed by atoms with E-state index in [2.05, 4.69) is 12.6 Å². The van der Waals surface area contributed by atoms with E-state index in [1.807, 2.05) is 0 Å². The van der Waals surface area contributed by atoms with Gasteiger partial charge in [-0.15, -0.1) is 12.6 Å². The number of nitrogens with two attached hydrogens (primary N) is 1. The highest BCUT2D eigenvalue weighted by atomic mass is 32.1. The Hall–Kier alpha value is -0.550. The van der Waals surface area contributed by atoms with Gasteiger partial charge in [0, 0.05) is 19.0 Å². The number of thiol groups is 1. The van der Waals surface area contributed by atoms with Crippen molar-refractivity contribution < 1.29 is 9.59 Å². The molecular formula is C8H14N2O2S. The van der Waals surface area contributed by atoms with Gasteiger partial charge in [0.15, 0.2) is 5.12 Å². The molecule has 1 heterocycles. The third kappa shape index (κ3) is 2.70. The van der Waals surface area contributed by atoms with Gasteiger partial charge in [-0.2, -0.15) is 0 Å². The van der Waals surface area contributed by atoms with Crippen LogP contribution in [0, 0.1) is 5.92 Å². The lowest BCUT2D eigenvalue weighted by molar-refractivity contribution is -0.132. The van der Waals surface area contributed by atoms with E-state index < -0.39 is 0 Å². The molecule has 0 aromatic heterocycles. The minimum atomic E-state index is -0.0696. The molecule has 5 heteroatoms. The number of carbonyl (C=O) groups excluding carboxylic acids is 2. The van der Waals surface area contributed by atoms with Crippen LogP contribution < -0.4 is 5.73 Å². The predicted molar refractivity (Wildman–Crippen MR) is 52.4 cm³/mol. The molecule has 0 aliphatic carbocycles. The van der Waals surface area contributed by atoms with Gasteiger partial charge in [-0.25, -0.2) is 0 Å². The number of piperidine rings is 1. The van der Waals surface area contributed by atoms with Crippen LogP contribution in [0.1, 0.15) is 12.8 Å². The number of hydrogen-bond acceptors (Lipinski definition) is 3. The molecule has 0 saturated carbocycles. The third-order valence-corrected chi connectivity index (χ3v) is 2.74. The summed E-state index contributed by atoms with van der Waals surface area (Å²) >= 11 is 3.78. The van der Waals surface area contributed by atoms with E-state index in [-0.39, 0.29) is 23.5 Å². The van der Waals surface area contributed by atoms with Gasteiger partial charge in [-0.1, -0.05) is 0 Å². The van der Waals surface area contributed by atoms with Crippen LogP contribution in [0.4, 0.5) is 0 Å². The van der Waals surface area contributed by atoms with E-state index in [0.29, 0.717) is 25.9 Å². The first-order valence-electron chi connectivity index (χ1n) is 4.35. The van der Waals surface area contributed by atoms with Crippen molar-refractivity contribution in [1.82, 2.24) is 4.90 Å². The molecule has 0 aromatic rings. The molecule has 74 valence electrons. The third-order valence-electron chi connectivity index (χ3n) is 2.37.